The Morgan fingerprint density at radius 2 is 1.82 bits per heavy atom. The Bertz CT molecular complexity index is 1200. The monoisotopic (exact) mass is 483 g/mol. The molecule has 0 aliphatic heterocycles. The molecule has 0 bridgehead atoms. The third-order valence-electron chi connectivity index (χ3n) is 4.12. The SMILES string of the molecule is NC(=O)c1cncc(OCc2cc(NC(=O)c3ccc(OC(F)(F)F)c(F)c3)ccc2Cl)c1. The van der Waals surface area contributed by atoms with Crippen molar-refractivity contribution in [3.05, 3.63) is 82.4 Å². The lowest BCUT2D eigenvalue weighted by Crippen LogP contribution is -2.18. The number of benzene rings is 2. The van der Waals surface area contributed by atoms with E-state index >= 15 is 0 Å². The summed E-state index contributed by atoms with van der Waals surface area (Å²) in [5.41, 5.74) is 5.84. The smallest absolute Gasteiger partial charge is 0.487 e. The van der Waals surface area contributed by atoms with E-state index in [9.17, 15) is 27.2 Å². The molecule has 0 saturated carbocycles. The van der Waals surface area contributed by atoms with Gasteiger partial charge in [0.25, 0.3) is 5.91 Å². The molecule has 3 rings (SSSR count). The average molecular weight is 484 g/mol. The highest BCUT2D eigenvalue weighted by atomic mass is 35.5. The summed E-state index contributed by atoms with van der Waals surface area (Å²) in [6, 6.07) is 8.14. The number of nitrogens with one attached hydrogen (secondary N) is 1. The van der Waals surface area contributed by atoms with E-state index in [0.717, 1.165) is 6.07 Å². The Morgan fingerprint density at radius 3 is 2.48 bits per heavy atom. The number of ether oxygens (including phenoxy) is 2. The molecule has 0 spiro atoms. The van der Waals surface area contributed by atoms with Crippen molar-refractivity contribution in [1.82, 2.24) is 4.98 Å². The molecule has 33 heavy (non-hydrogen) atoms. The molecule has 0 atom stereocenters. The van der Waals surface area contributed by atoms with Gasteiger partial charge >= 0.3 is 6.36 Å². The molecule has 1 aromatic heterocycles. The minimum Gasteiger partial charge on any atom is -0.487 e. The summed E-state index contributed by atoms with van der Waals surface area (Å²) in [5.74, 6) is -3.60. The highest BCUT2D eigenvalue weighted by Crippen LogP contribution is 2.27. The van der Waals surface area contributed by atoms with Gasteiger partial charge in [-0.15, -0.1) is 13.2 Å². The summed E-state index contributed by atoms with van der Waals surface area (Å²) in [7, 11) is 0. The number of anilines is 1. The molecule has 0 unspecified atom stereocenters. The van der Waals surface area contributed by atoms with Gasteiger partial charge in [0.1, 0.15) is 12.4 Å². The Hall–Kier alpha value is -3.86. The predicted octanol–water partition coefficient (Wildman–Crippen LogP) is 4.70. The summed E-state index contributed by atoms with van der Waals surface area (Å²) in [5, 5.41) is 2.80. The minimum absolute atomic E-state index is 0.0510. The van der Waals surface area contributed by atoms with E-state index in [-0.39, 0.29) is 29.2 Å². The number of hydrogen-bond acceptors (Lipinski definition) is 5. The Labute approximate surface area is 189 Å². The van der Waals surface area contributed by atoms with Crippen molar-refractivity contribution in [3.8, 4) is 11.5 Å². The van der Waals surface area contributed by atoms with Crippen LogP contribution in [0.3, 0.4) is 0 Å². The van der Waals surface area contributed by atoms with E-state index < -0.39 is 29.7 Å². The largest absolute Gasteiger partial charge is 0.573 e. The molecule has 2 amide bonds. The molecular formula is C21H14ClF4N3O4. The molecule has 2 aromatic carbocycles. The number of amides is 2. The normalized spacial score (nSPS) is 11.1. The molecule has 0 fully saturated rings. The second-order valence-electron chi connectivity index (χ2n) is 6.52. The number of pyridine rings is 1. The first kappa shape index (κ1) is 23.8. The van der Waals surface area contributed by atoms with Crippen molar-refractivity contribution in [1.29, 1.82) is 0 Å². The number of nitrogens with zero attached hydrogens (tertiary/aromatic N) is 1. The van der Waals surface area contributed by atoms with Crippen LogP contribution in [0.2, 0.25) is 5.02 Å². The van der Waals surface area contributed by atoms with Gasteiger partial charge in [-0.1, -0.05) is 11.6 Å². The highest BCUT2D eigenvalue weighted by Gasteiger charge is 2.32. The molecular weight excluding hydrogens is 470 g/mol. The molecule has 7 nitrogen and oxygen atoms in total. The van der Waals surface area contributed by atoms with Gasteiger partial charge in [-0.25, -0.2) is 4.39 Å². The van der Waals surface area contributed by atoms with Crippen LogP contribution in [0.1, 0.15) is 26.3 Å². The number of hydrogen-bond donors (Lipinski definition) is 2. The topological polar surface area (TPSA) is 104 Å². The van der Waals surface area contributed by atoms with Gasteiger partial charge in [0, 0.05) is 28.0 Å². The van der Waals surface area contributed by atoms with Crippen LogP contribution in [0.25, 0.3) is 0 Å². The second kappa shape index (κ2) is 9.74. The first-order valence-electron chi connectivity index (χ1n) is 9.04. The highest BCUT2D eigenvalue weighted by molar-refractivity contribution is 6.31. The maximum Gasteiger partial charge on any atom is 0.573 e. The number of carbonyl (C=O) groups is 2. The van der Waals surface area contributed by atoms with Crippen LogP contribution in [-0.2, 0) is 6.61 Å². The second-order valence-corrected chi connectivity index (χ2v) is 6.92. The van der Waals surface area contributed by atoms with Crippen molar-refractivity contribution >= 4 is 29.1 Å². The maximum absolute atomic E-state index is 13.9. The lowest BCUT2D eigenvalue weighted by Gasteiger charge is -2.12. The number of primary amides is 1. The van der Waals surface area contributed by atoms with Crippen LogP contribution in [-0.4, -0.2) is 23.2 Å². The predicted molar refractivity (Wildman–Crippen MR) is 110 cm³/mol. The van der Waals surface area contributed by atoms with Gasteiger partial charge < -0.3 is 20.5 Å². The summed E-state index contributed by atoms with van der Waals surface area (Å²) in [6.45, 7) is -0.0510. The van der Waals surface area contributed by atoms with Crippen LogP contribution in [0.15, 0.2) is 54.9 Å². The molecule has 0 aliphatic rings. The maximum atomic E-state index is 13.9. The van der Waals surface area contributed by atoms with Gasteiger partial charge in [-0.05, 0) is 42.5 Å². The van der Waals surface area contributed by atoms with Crippen LogP contribution in [0, 0.1) is 5.82 Å². The fraction of sp³-hybridized carbons (Fsp3) is 0.0952. The van der Waals surface area contributed by atoms with Gasteiger partial charge in [0.15, 0.2) is 11.6 Å². The standard InChI is InChI=1S/C21H14ClF4N3O4/c22-16-3-2-14(5-13(16)10-32-15-6-12(19(27)30)8-28-9-15)29-20(31)11-1-4-18(17(23)7-11)33-21(24,25)26/h1-9H,10H2,(H2,27,30)(H,29,31). The van der Waals surface area contributed by atoms with Crippen molar-refractivity contribution in [3.63, 3.8) is 0 Å². The third kappa shape index (κ3) is 6.56. The van der Waals surface area contributed by atoms with E-state index in [1.165, 1.54) is 36.7 Å². The zero-order valence-corrected chi connectivity index (χ0v) is 17.2. The molecule has 172 valence electrons. The first-order chi connectivity index (χ1) is 15.5. The lowest BCUT2D eigenvalue weighted by atomic mass is 10.1. The van der Waals surface area contributed by atoms with E-state index in [1.807, 2.05) is 0 Å². The molecule has 12 heteroatoms. The quantitative estimate of drug-likeness (QED) is 0.474. The van der Waals surface area contributed by atoms with E-state index in [0.29, 0.717) is 22.7 Å². The van der Waals surface area contributed by atoms with Crippen molar-refractivity contribution in [2.45, 2.75) is 13.0 Å². The lowest BCUT2D eigenvalue weighted by molar-refractivity contribution is -0.275. The third-order valence-corrected chi connectivity index (χ3v) is 4.48. The Balaban J connectivity index is 1.70. The molecule has 1 heterocycles. The number of carbonyl (C=O) groups excluding carboxylic acids is 2. The number of aromatic nitrogens is 1. The molecule has 0 saturated heterocycles. The summed E-state index contributed by atoms with van der Waals surface area (Å²) in [4.78, 5) is 27.5. The van der Waals surface area contributed by atoms with E-state index in [1.54, 1.807) is 0 Å². The molecule has 3 aromatic rings. The van der Waals surface area contributed by atoms with Crippen molar-refractivity contribution < 1.29 is 36.6 Å². The molecule has 0 aliphatic carbocycles. The summed E-state index contributed by atoms with van der Waals surface area (Å²) >= 11 is 6.15. The first-order valence-corrected chi connectivity index (χ1v) is 9.42. The van der Waals surface area contributed by atoms with Gasteiger partial charge in [0.05, 0.1) is 11.8 Å². The molecule has 0 radical (unpaired) electrons. The zero-order chi connectivity index (χ0) is 24.2. The number of halogens is 5. The van der Waals surface area contributed by atoms with Crippen LogP contribution >= 0.6 is 11.6 Å². The molecule has 3 N–H and O–H groups in total. The number of rotatable bonds is 7. The summed E-state index contributed by atoms with van der Waals surface area (Å²) in [6.07, 6.45) is -2.42. The zero-order valence-electron chi connectivity index (χ0n) is 16.5. The van der Waals surface area contributed by atoms with Gasteiger partial charge in [0.2, 0.25) is 5.91 Å². The summed E-state index contributed by atoms with van der Waals surface area (Å²) < 4.78 is 59.7. The van der Waals surface area contributed by atoms with Gasteiger partial charge in [-0.3, -0.25) is 14.6 Å². The number of nitrogens with two attached hydrogens (primary N) is 1. The minimum atomic E-state index is -5.07. The van der Waals surface area contributed by atoms with E-state index in [4.69, 9.17) is 22.1 Å². The van der Waals surface area contributed by atoms with Crippen molar-refractivity contribution in [2.75, 3.05) is 5.32 Å². The Kier molecular flexibility index (Phi) is 7.02. The van der Waals surface area contributed by atoms with E-state index in [2.05, 4.69) is 15.0 Å². The average Bonchev–Trinajstić information content (AvgIpc) is 2.74. The van der Waals surface area contributed by atoms with Crippen LogP contribution in [0.5, 0.6) is 11.5 Å². The fourth-order valence-corrected chi connectivity index (χ4v) is 2.78. The number of alkyl halides is 3. The van der Waals surface area contributed by atoms with Gasteiger partial charge in [-0.2, -0.15) is 0 Å². The van der Waals surface area contributed by atoms with Crippen LogP contribution < -0.4 is 20.5 Å². The van der Waals surface area contributed by atoms with Crippen LogP contribution in [0.4, 0.5) is 23.2 Å². The Morgan fingerprint density at radius 1 is 1.06 bits per heavy atom. The fourth-order valence-electron chi connectivity index (χ4n) is 2.61. The van der Waals surface area contributed by atoms with Crippen molar-refractivity contribution in [2.24, 2.45) is 5.73 Å².